The van der Waals surface area contributed by atoms with Crippen LogP contribution in [0.25, 0.3) is 0 Å². The van der Waals surface area contributed by atoms with Gasteiger partial charge in [-0.2, -0.15) is 0 Å². The van der Waals surface area contributed by atoms with Crippen LogP contribution in [0, 0.1) is 0 Å². The van der Waals surface area contributed by atoms with E-state index in [0.717, 1.165) is 44.1 Å². The highest BCUT2D eigenvalue weighted by Gasteiger charge is 2.57. The van der Waals surface area contributed by atoms with Gasteiger partial charge in [-0.1, -0.05) is 50.3 Å². The topological polar surface area (TPSA) is 62.3 Å². The third kappa shape index (κ3) is 3.08. The van der Waals surface area contributed by atoms with Crippen molar-refractivity contribution in [1.29, 1.82) is 0 Å². The average Bonchev–Trinajstić information content (AvgIpc) is 3.42. The molecule has 152 valence electrons. The highest BCUT2D eigenvalue weighted by Crippen LogP contribution is 2.52. The third-order valence-corrected chi connectivity index (χ3v) is 7.76. The molecule has 2 saturated carbocycles. The van der Waals surface area contributed by atoms with Crippen LogP contribution in [0.1, 0.15) is 79.6 Å². The first-order chi connectivity index (χ1) is 14.2. The molecular formula is C23H27N3O2S. The lowest BCUT2D eigenvalue weighted by Gasteiger charge is -2.53. The van der Waals surface area contributed by atoms with E-state index in [4.69, 9.17) is 0 Å². The van der Waals surface area contributed by atoms with Gasteiger partial charge in [0.2, 0.25) is 5.91 Å². The van der Waals surface area contributed by atoms with Gasteiger partial charge in [0, 0.05) is 23.2 Å². The Bertz CT molecular complexity index is 899. The van der Waals surface area contributed by atoms with Crippen molar-refractivity contribution in [2.45, 2.75) is 75.3 Å². The van der Waals surface area contributed by atoms with E-state index in [9.17, 15) is 9.59 Å². The predicted octanol–water partition coefficient (Wildman–Crippen LogP) is 4.97. The van der Waals surface area contributed by atoms with Crippen molar-refractivity contribution in [3.63, 3.8) is 0 Å². The van der Waals surface area contributed by atoms with Gasteiger partial charge in [-0.25, -0.2) is 4.98 Å². The van der Waals surface area contributed by atoms with Gasteiger partial charge in [-0.05, 0) is 37.3 Å². The lowest BCUT2D eigenvalue weighted by Crippen LogP contribution is -2.63. The van der Waals surface area contributed by atoms with Gasteiger partial charge in [0.25, 0.3) is 5.91 Å². The largest absolute Gasteiger partial charge is 0.329 e. The molecule has 0 saturated heterocycles. The second kappa shape index (κ2) is 7.56. The van der Waals surface area contributed by atoms with Crippen molar-refractivity contribution in [1.82, 2.24) is 9.88 Å². The summed E-state index contributed by atoms with van der Waals surface area (Å²) in [5.41, 5.74) is 1.19. The Labute approximate surface area is 175 Å². The summed E-state index contributed by atoms with van der Waals surface area (Å²) in [6.07, 6.45) is 11.3. The first-order valence-corrected chi connectivity index (χ1v) is 11.7. The fourth-order valence-electron chi connectivity index (χ4n) is 5.94. The van der Waals surface area contributed by atoms with Gasteiger partial charge in [0.05, 0.1) is 11.5 Å². The number of hydrogen-bond donors (Lipinski definition) is 1. The minimum absolute atomic E-state index is 0.0254. The van der Waals surface area contributed by atoms with Crippen molar-refractivity contribution >= 4 is 28.3 Å². The molecule has 1 aromatic heterocycles. The Kier molecular flexibility index (Phi) is 4.90. The van der Waals surface area contributed by atoms with E-state index in [-0.39, 0.29) is 23.8 Å². The molecule has 1 aromatic carbocycles. The summed E-state index contributed by atoms with van der Waals surface area (Å²) in [4.78, 5) is 33.8. The molecule has 1 spiro atoms. The molecule has 1 unspecified atom stereocenters. The molecule has 2 amide bonds. The zero-order valence-corrected chi connectivity index (χ0v) is 17.4. The van der Waals surface area contributed by atoms with Gasteiger partial charge in [0.1, 0.15) is 0 Å². The van der Waals surface area contributed by atoms with Crippen molar-refractivity contribution in [2.75, 3.05) is 5.32 Å². The lowest BCUT2D eigenvalue weighted by molar-refractivity contribution is -0.122. The summed E-state index contributed by atoms with van der Waals surface area (Å²) in [5.74, 6) is -0.236. The summed E-state index contributed by atoms with van der Waals surface area (Å²) in [6, 6.07) is 8.00. The number of thiazole rings is 1. The molecule has 29 heavy (non-hydrogen) atoms. The highest BCUT2D eigenvalue weighted by atomic mass is 32.1. The summed E-state index contributed by atoms with van der Waals surface area (Å²) < 4.78 is 0. The minimum Gasteiger partial charge on any atom is -0.329 e. The maximum absolute atomic E-state index is 13.7. The van der Waals surface area contributed by atoms with Crippen LogP contribution in [0.15, 0.2) is 35.8 Å². The molecule has 0 radical (unpaired) electrons. The van der Waals surface area contributed by atoms with Gasteiger partial charge in [-0.3, -0.25) is 9.59 Å². The quantitative estimate of drug-likeness (QED) is 0.779. The predicted molar refractivity (Wildman–Crippen MR) is 114 cm³/mol. The zero-order chi connectivity index (χ0) is 19.8. The van der Waals surface area contributed by atoms with E-state index in [2.05, 4.69) is 15.2 Å². The minimum atomic E-state index is -0.408. The third-order valence-electron chi connectivity index (χ3n) is 7.07. The van der Waals surface area contributed by atoms with Crippen LogP contribution < -0.4 is 5.32 Å². The number of nitrogens with zero attached hydrogens (tertiary/aromatic N) is 2. The maximum atomic E-state index is 13.7. The fraction of sp³-hybridized carbons (Fsp3) is 0.522. The monoisotopic (exact) mass is 409 g/mol. The van der Waals surface area contributed by atoms with Crippen LogP contribution in [0.2, 0.25) is 0 Å². The van der Waals surface area contributed by atoms with Crippen LogP contribution in [-0.2, 0) is 4.79 Å². The number of carbonyl (C=O) groups excluding carboxylic acids is 2. The van der Waals surface area contributed by atoms with E-state index < -0.39 is 5.54 Å². The van der Waals surface area contributed by atoms with Crippen LogP contribution in [-0.4, -0.2) is 33.3 Å². The molecule has 3 aliphatic rings. The van der Waals surface area contributed by atoms with Crippen molar-refractivity contribution < 1.29 is 9.59 Å². The molecule has 2 aromatic rings. The Morgan fingerprint density at radius 1 is 1.10 bits per heavy atom. The number of aromatic nitrogens is 1. The molecule has 0 bridgehead atoms. The second-order valence-corrected chi connectivity index (χ2v) is 9.52. The number of benzene rings is 1. The standard InChI is InChI=1S/C23H27N3O2S/c27-20(25-22-24-14-15-29-22)19-17-10-4-5-11-18(17)21(28)26(16-8-2-1-3-9-16)23(19)12-6-7-13-23/h4-5,10-11,14-16,19H,1-3,6-9,12-13H2,(H,24,25,27). The van der Waals surface area contributed by atoms with Crippen molar-refractivity contribution in [3.8, 4) is 0 Å². The molecule has 2 aliphatic carbocycles. The van der Waals surface area contributed by atoms with Crippen molar-refractivity contribution in [2.24, 2.45) is 0 Å². The SMILES string of the molecule is O=C(Nc1nccs1)C1c2ccccc2C(=O)N(C2CCCCC2)C12CCCC2. The molecule has 5 nitrogen and oxygen atoms in total. The smallest absolute Gasteiger partial charge is 0.254 e. The zero-order valence-electron chi connectivity index (χ0n) is 16.6. The van der Waals surface area contributed by atoms with Gasteiger partial charge >= 0.3 is 0 Å². The lowest BCUT2D eigenvalue weighted by atomic mass is 9.69. The van der Waals surface area contributed by atoms with E-state index in [1.54, 1.807) is 6.20 Å². The number of hydrogen-bond acceptors (Lipinski definition) is 4. The van der Waals surface area contributed by atoms with E-state index in [1.807, 2.05) is 29.6 Å². The summed E-state index contributed by atoms with van der Waals surface area (Å²) in [6.45, 7) is 0. The first-order valence-electron chi connectivity index (χ1n) is 10.8. The maximum Gasteiger partial charge on any atom is 0.254 e. The number of fused-ring (bicyclic) bond motifs is 1. The molecule has 6 heteroatoms. The van der Waals surface area contributed by atoms with Crippen LogP contribution >= 0.6 is 11.3 Å². The molecule has 2 heterocycles. The van der Waals surface area contributed by atoms with Crippen molar-refractivity contribution in [3.05, 3.63) is 47.0 Å². The average molecular weight is 410 g/mol. The Morgan fingerprint density at radius 2 is 1.86 bits per heavy atom. The molecular weight excluding hydrogens is 382 g/mol. The first kappa shape index (κ1) is 18.8. The van der Waals surface area contributed by atoms with E-state index in [1.165, 1.54) is 30.6 Å². The summed E-state index contributed by atoms with van der Waals surface area (Å²) in [7, 11) is 0. The summed E-state index contributed by atoms with van der Waals surface area (Å²) in [5, 5.41) is 5.55. The number of rotatable bonds is 3. The fourth-order valence-corrected chi connectivity index (χ4v) is 6.47. The van der Waals surface area contributed by atoms with E-state index >= 15 is 0 Å². The molecule has 1 aliphatic heterocycles. The van der Waals surface area contributed by atoms with Crippen LogP contribution in [0.5, 0.6) is 0 Å². The second-order valence-electron chi connectivity index (χ2n) is 8.62. The summed E-state index contributed by atoms with van der Waals surface area (Å²) >= 11 is 1.43. The van der Waals surface area contributed by atoms with Crippen LogP contribution in [0.3, 0.4) is 0 Å². The van der Waals surface area contributed by atoms with Gasteiger partial charge < -0.3 is 10.2 Å². The Morgan fingerprint density at radius 3 is 2.59 bits per heavy atom. The number of anilines is 1. The Balaban J connectivity index is 1.62. The number of amides is 2. The molecule has 1 N–H and O–H groups in total. The van der Waals surface area contributed by atoms with Crippen LogP contribution in [0.4, 0.5) is 5.13 Å². The Hall–Kier alpha value is -2.21. The normalized spacial score (nSPS) is 23.9. The molecule has 5 rings (SSSR count). The van der Waals surface area contributed by atoms with E-state index in [0.29, 0.717) is 10.7 Å². The van der Waals surface area contributed by atoms with Gasteiger partial charge in [0.15, 0.2) is 5.13 Å². The number of carbonyl (C=O) groups is 2. The molecule has 2 fully saturated rings. The highest BCUT2D eigenvalue weighted by molar-refractivity contribution is 7.13. The molecule has 1 atom stereocenters. The van der Waals surface area contributed by atoms with Gasteiger partial charge in [-0.15, -0.1) is 11.3 Å². The number of nitrogens with one attached hydrogen (secondary N) is 1.